The number of hydrogen-bond donors (Lipinski definition) is 1. The zero-order valence-electron chi connectivity index (χ0n) is 8.75. The van der Waals surface area contributed by atoms with Gasteiger partial charge in [0.1, 0.15) is 0 Å². The number of aromatic nitrogens is 2. The maximum Gasteiger partial charge on any atom is 0.357 e. The van der Waals surface area contributed by atoms with E-state index in [9.17, 15) is 14.7 Å². The molecule has 0 aliphatic rings. The molecule has 16 heavy (non-hydrogen) atoms. The summed E-state index contributed by atoms with van der Waals surface area (Å²) in [6.07, 6.45) is 1.94. The molecule has 0 amide bonds. The largest absolute Gasteiger partial charge is 0.477 e. The third-order valence-electron chi connectivity index (χ3n) is 2.49. The maximum atomic E-state index is 11.8. The third-order valence-corrected chi connectivity index (χ3v) is 2.49. The molecule has 0 bridgehead atoms. The zero-order chi connectivity index (χ0) is 11.7. The lowest BCUT2D eigenvalue weighted by Gasteiger charge is -2.04. The van der Waals surface area contributed by atoms with E-state index in [4.69, 9.17) is 0 Å². The van der Waals surface area contributed by atoms with Crippen LogP contribution in [0.2, 0.25) is 0 Å². The van der Waals surface area contributed by atoms with Crippen LogP contribution in [0.1, 0.15) is 17.3 Å². The van der Waals surface area contributed by atoms with Gasteiger partial charge in [-0.05, 0) is 13.0 Å². The summed E-state index contributed by atoms with van der Waals surface area (Å²) in [4.78, 5) is 22.6. The van der Waals surface area contributed by atoms with Crippen LogP contribution >= 0.6 is 0 Å². The average Bonchev–Trinajstić information content (AvgIpc) is 2.30. The van der Waals surface area contributed by atoms with Crippen LogP contribution in [0.25, 0.3) is 5.65 Å². The number of aromatic hydroxyl groups is 1. The van der Waals surface area contributed by atoms with Crippen LogP contribution in [0.4, 0.5) is 0 Å². The number of carbonyl (C=O) groups is 1. The Hall–Kier alpha value is -2.17. The molecule has 2 aromatic heterocycles. The molecule has 5 heteroatoms. The number of pyridine rings is 1. The highest BCUT2D eigenvalue weighted by molar-refractivity contribution is 5.76. The first kappa shape index (κ1) is 10.4. The second-order valence-corrected chi connectivity index (χ2v) is 3.33. The van der Waals surface area contributed by atoms with Gasteiger partial charge in [0.25, 0.3) is 5.65 Å². The van der Waals surface area contributed by atoms with E-state index in [1.807, 2.05) is 6.92 Å². The molecule has 2 heterocycles. The fourth-order valence-corrected chi connectivity index (χ4v) is 1.72. The Morgan fingerprint density at radius 1 is 1.50 bits per heavy atom. The Kier molecular flexibility index (Phi) is 2.44. The molecule has 2 aromatic rings. The van der Waals surface area contributed by atoms with Crippen LogP contribution in [-0.4, -0.2) is 15.8 Å². The van der Waals surface area contributed by atoms with Crippen LogP contribution in [0.3, 0.4) is 0 Å². The van der Waals surface area contributed by atoms with Crippen LogP contribution in [0, 0.1) is 0 Å². The molecule has 1 N–H and O–H groups in total. The van der Waals surface area contributed by atoms with Crippen molar-refractivity contribution < 1.29 is 14.5 Å². The molecule has 0 aliphatic heterocycles. The van der Waals surface area contributed by atoms with Crippen molar-refractivity contribution in [3.05, 3.63) is 40.3 Å². The SMILES string of the molecule is CC[n+]1c(O)c(C=O)c(=O)n2ccccc21. The van der Waals surface area contributed by atoms with E-state index in [2.05, 4.69) is 0 Å². The molecule has 0 radical (unpaired) electrons. The van der Waals surface area contributed by atoms with E-state index < -0.39 is 5.56 Å². The Balaban J connectivity index is 3.06. The van der Waals surface area contributed by atoms with Crippen molar-refractivity contribution in [3.8, 4) is 5.88 Å². The Morgan fingerprint density at radius 2 is 2.25 bits per heavy atom. The third kappa shape index (κ3) is 1.29. The van der Waals surface area contributed by atoms with Gasteiger partial charge in [0, 0.05) is 6.07 Å². The number of rotatable bonds is 2. The molecule has 0 fully saturated rings. The van der Waals surface area contributed by atoms with Crippen molar-refractivity contribution in [1.29, 1.82) is 0 Å². The predicted octanol–water partition coefficient (Wildman–Crippen LogP) is 0.125. The van der Waals surface area contributed by atoms with Gasteiger partial charge in [-0.15, -0.1) is 0 Å². The van der Waals surface area contributed by atoms with E-state index in [0.29, 0.717) is 18.5 Å². The number of nitrogens with zero attached hydrogens (tertiary/aromatic N) is 2. The summed E-state index contributed by atoms with van der Waals surface area (Å²) in [5.41, 5.74) is -0.170. The van der Waals surface area contributed by atoms with Crippen LogP contribution in [0.15, 0.2) is 29.2 Å². The lowest BCUT2D eigenvalue weighted by Crippen LogP contribution is -2.40. The van der Waals surface area contributed by atoms with Crippen LogP contribution in [-0.2, 0) is 6.54 Å². The second-order valence-electron chi connectivity index (χ2n) is 3.33. The normalized spacial score (nSPS) is 10.6. The summed E-state index contributed by atoms with van der Waals surface area (Å²) in [5.74, 6) is -0.284. The summed E-state index contributed by atoms with van der Waals surface area (Å²) in [5, 5.41) is 9.79. The molecule has 0 saturated heterocycles. The number of carbonyl (C=O) groups excluding carboxylic acids is 1. The molecule has 0 aromatic carbocycles. The number of hydrogen-bond acceptors (Lipinski definition) is 3. The lowest BCUT2D eigenvalue weighted by molar-refractivity contribution is -0.677. The van der Waals surface area contributed by atoms with Gasteiger partial charge in [0.2, 0.25) is 0 Å². The molecule has 0 aliphatic carbocycles. The fraction of sp³-hybridized carbons (Fsp3) is 0.182. The number of aryl methyl sites for hydroxylation is 1. The monoisotopic (exact) mass is 219 g/mol. The highest BCUT2D eigenvalue weighted by atomic mass is 16.3. The molecular weight excluding hydrogens is 208 g/mol. The summed E-state index contributed by atoms with van der Waals surface area (Å²) >= 11 is 0. The fourth-order valence-electron chi connectivity index (χ4n) is 1.72. The number of aldehydes is 1. The van der Waals surface area contributed by atoms with Gasteiger partial charge in [0.05, 0.1) is 12.7 Å². The van der Waals surface area contributed by atoms with Crippen molar-refractivity contribution in [2.75, 3.05) is 0 Å². The summed E-state index contributed by atoms with van der Waals surface area (Å²) in [6, 6.07) is 5.17. The van der Waals surface area contributed by atoms with Crippen molar-refractivity contribution in [3.63, 3.8) is 0 Å². The van der Waals surface area contributed by atoms with Gasteiger partial charge in [-0.1, -0.05) is 6.07 Å². The predicted molar refractivity (Wildman–Crippen MR) is 56.6 cm³/mol. The van der Waals surface area contributed by atoms with Crippen LogP contribution < -0.4 is 10.1 Å². The molecule has 2 rings (SSSR count). The van der Waals surface area contributed by atoms with Crippen molar-refractivity contribution >= 4 is 11.9 Å². The van der Waals surface area contributed by atoms with E-state index >= 15 is 0 Å². The highest BCUT2D eigenvalue weighted by Gasteiger charge is 2.21. The van der Waals surface area contributed by atoms with Gasteiger partial charge in [0.15, 0.2) is 11.8 Å². The average molecular weight is 219 g/mol. The Morgan fingerprint density at radius 3 is 2.88 bits per heavy atom. The zero-order valence-corrected chi connectivity index (χ0v) is 8.75. The first-order valence-corrected chi connectivity index (χ1v) is 4.92. The van der Waals surface area contributed by atoms with E-state index in [1.54, 1.807) is 24.4 Å². The second kappa shape index (κ2) is 3.77. The molecule has 5 nitrogen and oxygen atoms in total. The summed E-state index contributed by atoms with van der Waals surface area (Å²) in [7, 11) is 0. The van der Waals surface area contributed by atoms with Crippen molar-refractivity contribution in [2.45, 2.75) is 13.5 Å². The minimum absolute atomic E-state index is 0.217. The topological polar surface area (TPSA) is 62.7 Å². The van der Waals surface area contributed by atoms with Gasteiger partial charge in [-0.25, -0.2) is 4.79 Å². The van der Waals surface area contributed by atoms with Crippen molar-refractivity contribution in [2.24, 2.45) is 0 Å². The maximum absolute atomic E-state index is 11.8. The Bertz CT molecular complexity index is 616. The minimum atomic E-state index is -0.507. The molecule has 0 saturated carbocycles. The molecule has 82 valence electrons. The first-order chi connectivity index (χ1) is 7.70. The molecule has 0 unspecified atom stereocenters. The molecular formula is C11H11N2O3+. The van der Waals surface area contributed by atoms with Crippen molar-refractivity contribution in [1.82, 2.24) is 4.40 Å². The number of fused-ring (bicyclic) bond motifs is 1. The van der Waals surface area contributed by atoms with Gasteiger partial charge in [-0.2, -0.15) is 8.97 Å². The highest BCUT2D eigenvalue weighted by Crippen LogP contribution is 2.06. The summed E-state index contributed by atoms with van der Waals surface area (Å²) in [6.45, 7) is 2.30. The lowest BCUT2D eigenvalue weighted by atomic mass is 10.3. The van der Waals surface area contributed by atoms with Crippen LogP contribution in [0.5, 0.6) is 5.88 Å². The summed E-state index contributed by atoms with van der Waals surface area (Å²) < 4.78 is 2.85. The molecule has 0 spiro atoms. The standard InChI is InChI=1S/C11H10N2O3/c1-2-12-9-5-3-4-6-13(9)11(16)8(7-14)10(12)15/h3-7H,2H2,1H3/p+1. The van der Waals surface area contributed by atoms with Gasteiger partial charge >= 0.3 is 11.4 Å². The van der Waals surface area contributed by atoms with E-state index in [1.165, 1.54) is 8.97 Å². The Labute approximate surface area is 91.2 Å². The molecule has 0 atom stereocenters. The first-order valence-electron chi connectivity index (χ1n) is 4.92. The quantitative estimate of drug-likeness (QED) is 0.576. The van der Waals surface area contributed by atoms with Gasteiger partial charge in [-0.3, -0.25) is 4.79 Å². The van der Waals surface area contributed by atoms with E-state index in [-0.39, 0.29) is 11.4 Å². The minimum Gasteiger partial charge on any atom is -0.477 e. The smallest absolute Gasteiger partial charge is 0.357 e. The van der Waals surface area contributed by atoms with Gasteiger partial charge < -0.3 is 5.11 Å². The van der Waals surface area contributed by atoms with E-state index in [0.717, 1.165) is 0 Å².